The third kappa shape index (κ3) is 5.72. The highest BCUT2D eigenvalue weighted by Gasteiger charge is 2.21. The Bertz CT molecular complexity index is 1440. The monoisotopic (exact) mass is 546 g/mol. The van der Waals surface area contributed by atoms with E-state index in [0.29, 0.717) is 9.79 Å². The standard InChI is InChI=1S/C28H18O8S2/c29-25(30)19-3-1-5-21(23(19)27(33)34)37-17-11-7-15(8-12-17)16-9-13-18(14-10-16)38-22-6-2-4-20(26(31)32)24(22)28(35)36/h1-14H,(H,29,30)(H,31,32)(H,33,34)(H,35,36). The largest absolute Gasteiger partial charge is 0.478 e. The van der Waals surface area contributed by atoms with Crippen LogP contribution in [0.4, 0.5) is 0 Å². The summed E-state index contributed by atoms with van der Waals surface area (Å²) in [6, 6.07) is 23.3. The van der Waals surface area contributed by atoms with Crippen molar-refractivity contribution >= 4 is 47.4 Å². The Balaban J connectivity index is 1.53. The molecule has 0 fully saturated rings. The Kier molecular flexibility index (Phi) is 7.85. The highest BCUT2D eigenvalue weighted by Crippen LogP contribution is 2.35. The van der Waals surface area contributed by atoms with E-state index in [9.17, 15) is 39.6 Å². The molecular weight excluding hydrogens is 528 g/mol. The second-order valence-electron chi connectivity index (χ2n) is 7.83. The van der Waals surface area contributed by atoms with Crippen LogP contribution in [0.2, 0.25) is 0 Å². The van der Waals surface area contributed by atoms with Gasteiger partial charge in [-0.3, -0.25) is 0 Å². The third-order valence-electron chi connectivity index (χ3n) is 5.44. The molecule has 10 heteroatoms. The zero-order valence-corrected chi connectivity index (χ0v) is 21.0. The predicted molar refractivity (Wildman–Crippen MR) is 141 cm³/mol. The van der Waals surface area contributed by atoms with E-state index in [1.807, 2.05) is 24.3 Å². The van der Waals surface area contributed by atoms with E-state index < -0.39 is 23.9 Å². The SMILES string of the molecule is O=C(O)c1cccc(Sc2ccc(-c3ccc(Sc4cccc(C(=O)O)c4C(=O)O)cc3)cc2)c1C(=O)O. The van der Waals surface area contributed by atoms with E-state index in [-0.39, 0.29) is 22.3 Å². The molecule has 0 aromatic heterocycles. The molecule has 0 amide bonds. The molecule has 0 bridgehead atoms. The lowest BCUT2D eigenvalue weighted by Gasteiger charge is -2.10. The number of rotatable bonds is 9. The molecule has 0 radical (unpaired) electrons. The fraction of sp³-hybridized carbons (Fsp3) is 0. The van der Waals surface area contributed by atoms with Crippen LogP contribution in [0.1, 0.15) is 41.4 Å². The van der Waals surface area contributed by atoms with Crippen molar-refractivity contribution in [1.82, 2.24) is 0 Å². The van der Waals surface area contributed by atoms with Gasteiger partial charge in [0.25, 0.3) is 0 Å². The summed E-state index contributed by atoms with van der Waals surface area (Å²) in [6.45, 7) is 0. The Morgan fingerprint density at radius 2 is 0.789 bits per heavy atom. The Morgan fingerprint density at radius 3 is 1.08 bits per heavy atom. The minimum atomic E-state index is -1.31. The Morgan fingerprint density at radius 1 is 0.447 bits per heavy atom. The molecule has 4 aromatic carbocycles. The van der Waals surface area contributed by atoms with Crippen molar-refractivity contribution in [3.8, 4) is 11.1 Å². The normalized spacial score (nSPS) is 10.6. The van der Waals surface area contributed by atoms with Crippen molar-refractivity contribution in [1.29, 1.82) is 0 Å². The quantitative estimate of drug-likeness (QED) is 0.184. The Hall–Kier alpha value is -4.54. The summed E-state index contributed by atoms with van der Waals surface area (Å²) in [4.78, 5) is 48.3. The summed E-state index contributed by atoms with van der Waals surface area (Å²) < 4.78 is 0. The zero-order chi connectivity index (χ0) is 27.4. The van der Waals surface area contributed by atoms with Crippen LogP contribution < -0.4 is 0 Å². The number of hydrogen-bond acceptors (Lipinski definition) is 6. The van der Waals surface area contributed by atoms with Gasteiger partial charge in [-0.1, -0.05) is 59.9 Å². The lowest BCUT2D eigenvalue weighted by Crippen LogP contribution is -2.09. The number of carboxylic acid groups (broad SMARTS) is 4. The molecule has 8 nitrogen and oxygen atoms in total. The smallest absolute Gasteiger partial charge is 0.337 e. The number of aromatic carboxylic acids is 4. The molecule has 0 unspecified atom stereocenters. The molecule has 0 aliphatic carbocycles. The number of benzene rings is 4. The molecular formula is C28H18O8S2. The molecule has 4 N–H and O–H groups in total. The second kappa shape index (κ2) is 11.2. The van der Waals surface area contributed by atoms with Crippen molar-refractivity contribution in [3.63, 3.8) is 0 Å². The zero-order valence-electron chi connectivity index (χ0n) is 19.3. The molecule has 0 aliphatic rings. The summed E-state index contributed by atoms with van der Waals surface area (Å²) in [6.07, 6.45) is 0. The molecule has 0 heterocycles. The van der Waals surface area contributed by atoms with Gasteiger partial charge in [0, 0.05) is 19.6 Å². The first-order valence-corrected chi connectivity index (χ1v) is 12.5. The van der Waals surface area contributed by atoms with Gasteiger partial charge >= 0.3 is 23.9 Å². The summed E-state index contributed by atoms with van der Waals surface area (Å²) >= 11 is 2.30. The highest BCUT2D eigenvalue weighted by molar-refractivity contribution is 7.99. The van der Waals surface area contributed by atoms with Crippen molar-refractivity contribution in [2.45, 2.75) is 19.6 Å². The minimum Gasteiger partial charge on any atom is -0.478 e. The topological polar surface area (TPSA) is 149 Å². The van der Waals surface area contributed by atoms with Crippen molar-refractivity contribution in [2.75, 3.05) is 0 Å². The van der Waals surface area contributed by atoms with Crippen molar-refractivity contribution in [2.24, 2.45) is 0 Å². The Labute approximate surface area is 224 Å². The van der Waals surface area contributed by atoms with Crippen LogP contribution in [0, 0.1) is 0 Å². The molecule has 0 saturated carbocycles. The van der Waals surface area contributed by atoms with E-state index in [1.54, 1.807) is 36.4 Å². The minimum absolute atomic E-state index is 0.262. The van der Waals surface area contributed by atoms with E-state index >= 15 is 0 Å². The average Bonchev–Trinajstić information content (AvgIpc) is 2.89. The molecule has 0 atom stereocenters. The van der Waals surface area contributed by atoms with Gasteiger partial charge in [0.1, 0.15) is 0 Å². The van der Waals surface area contributed by atoms with Gasteiger partial charge in [-0.15, -0.1) is 0 Å². The number of carboxylic acids is 4. The van der Waals surface area contributed by atoms with E-state index in [1.165, 1.54) is 24.3 Å². The second-order valence-corrected chi connectivity index (χ2v) is 10.1. The molecule has 4 aromatic rings. The van der Waals surface area contributed by atoms with Gasteiger partial charge in [-0.2, -0.15) is 0 Å². The first-order valence-electron chi connectivity index (χ1n) is 10.9. The third-order valence-corrected chi connectivity index (χ3v) is 7.57. The lowest BCUT2D eigenvalue weighted by atomic mass is 10.1. The van der Waals surface area contributed by atoms with Crippen LogP contribution in [0.25, 0.3) is 11.1 Å². The molecule has 0 spiro atoms. The van der Waals surface area contributed by atoms with E-state index in [0.717, 1.165) is 44.4 Å². The number of carbonyl (C=O) groups is 4. The number of hydrogen-bond donors (Lipinski definition) is 4. The van der Waals surface area contributed by atoms with Gasteiger partial charge in [-0.25, -0.2) is 19.2 Å². The highest BCUT2D eigenvalue weighted by atomic mass is 32.2. The predicted octanol–water partition coefficient (Wildman–Crippen LogP) is 6.45. The van der Waals surface area contributed by atoms with Gasteiger partial charge < -0.3 is 20.4 Å². The summed E-state index contributed by atoms with van der Waals surface area (Å²) in [5, 5.41) is 37.7. The van der Waals surface area contributed by atoms with E-state index in [2.05, 4.69) is 0 Å². The van der Waals surface area contributed by atoms with Crippen molar-refractivity contribution < 1.29 is 39.6 Å². The van der Waals surface area contributed by atoms with Gasteiger partial charge in [0.15, 0.2) is 0 Å². The van der Waals surface area contributed by atoms with Gasteiger partial charge in [0.05, 0.1) is 22.3 Å². The maximum absolute atomic E-state index is 11.7. The molecule has 0 saturated heterocycles. The molecule has 190 valence electrons. The average molecular weight is 547 g/mol. The lowest BCUT2D eigenvalue weighted by molar-refractivity contribution is 0.0648. The molecule has 0 aliphatic heterocycles. The fourth-order valence-electron chi connectivity index (χ4n) is 3.71. The summed E-state index contributed by atoms with van der Waals surface area (Å²) in [5.41, 5.74) is 0.680. The van der Waals surface area contributed by atoms with Crippen LogP contribution in [-0.4, -0.2) is 44.3 Å². The fourth-order valence-corrected chi connectivity index (χ4v) is 5.66. The van der Waals surface area contributed by atoms with Crippen LogP contribution in [-0.2, 0) is 0 Å². The first kappa shape index (κ1) is 26.5. The maximum Gasteiger partial charge on any atom is 0.337 e. The van der Waals surface area contributed by atoms with E-state index in [4.69, 9.17) is 0 Å². The van der Waals surface area contributed by atoms with Crippen molar-refractivity contribution in [3.05, 3.63) is 107 Å². The van der Waals surface area contributed by atoms with Crippen LogP contribution in [0.15, 0.2) is 105 Å². The van der Waals surface area contributed by atoms with Crippen LogP contribution >= 0.6 is 23.5 Å². The summed E-state index contributed by atoms with van der Waals surface area (Å²) in [5.74, 6) is -5.25. The summed E-state index contributed by atoms with van der Waals surface area (Å²) in [7, 11) is 0. The molecule has 4 rings (SSSR count). The van der Waals surface area contributed by atoms with Gasteiger partial charge in [0.2, 0.25) is 0 Å². The first-order chi connectivity index (χ1) is 18.2. The maximum atomic E-state index is 11.7. The van der Waals surface area contributed by atoms with Crippen LogP contribution in [0.3, 0.4) is 0 Å². The van der Waals surface area contributed by atoms with Crippen LogP contribution in [0.5, 0.6) is 0 Å². The van der Waals surface area contributed by atoms with Gasteiger partial charge in [-0.05, 0) is 59.7 Å². The molecule has 38 heavy (non-hydrogen) atoms.